The third kappa shape index (κ3) is 2.49. The van der Waals surface area contributed by atoms with E-state index in [1.54, 1.807) is 6.92 Å². The van der Waals surface area contributed by atoms with E-state index < -0.39 is 0 Å². The van der Waals surface area contributed by atoms with E-state index in [0.717, 1.165) is 32.1 Å². The number of aliphatic hydroxyl groups excluding tert-OH is 1. The minimum atomic E-state index is -0.312. The highest BCUT2D eigenvalue weighted by molar-refractivity contribution is 5.82. The second-order valence-electron chi connectivity index (χ2n) is 10.1. The molecule has 3 heteroatoms. The lowest BCUT2D eigenvalue weighted by molar-refractivity contribution is -0.128. The minimum Gasteiger partial charge on any atom is -0.389 e. The largest absolute Gasteiger partial charge is 0.389 e. The van der Waals surface area contributed by atoms with Crippen LogP contribution in [-0.4, -0.2) is 23.3 Å². The van der Waals surface area contributed by atoms with E-state index in [1.807, 2.05) is 0 Å². The fraction of sp³-hybridized carbons (Fsp3) is 0.826. The van der Waals surface area contributed by atoms with Gasteiger partial charge in [-0.2, -0.15) is 0 Å². The molecule has 4 rings (SSSR count). The maximum atomic E-state index is 12.2. The average molecular weight is 359 g/mol. The van der Waals surface area contributed by atoms with Gasteiger partial charge in [0, 0.05) is 11.8 Å². The van der Waals surface area contributed by atoms with Crippen LogP contribution in [0.15, 0.2) is 11.6 Å². The van der Waals surface area contributed by atoms with E-state index in [9.17, 15) is 14.7 Å². The van der Waals surface area contributed by atoms with Gasteiger partial charge in [-0.05, 0) is 86.9 Å². The van der Waals surface area contributed by atoms with Gasteiger partial charge in [0.15, 0.2) is 5.78 Å². The molecule has 4 aliphatic rings. The fourth-order valence-electron chi connectivity index (χ4n) is 7.73. The van der Waals surface area contributed by atoms with Gasteiger partial charge in [-0.1, -0.05) is 25.5 Å². The zero-order chi connectivity index (χ0) is 18.7. The first-order chi connectivity index (χ1) is 12.3. The zero-order valence-corrected chi connectivity index (χ0v) is 16.6. The van der Waals surface area contributed by atoms with E-state index in [4.69, 9.17) is 0 Å². The van der Waals surface area contributed by atoms with Crippen LogP contribution in [-0.2, 0) is 9.59 Å². The third-order valence-electron chi connectivity index (χ3n) is 9.21. The molecule has 0 saturated heterocycles. The monoisotopic (exact) mass is 358 g/mol. The number of hydrogen-bond donors (Lipinski definition) is 1. The van der Waals surface area contributed by atoms with Crippen LogP contribution >= 0.6 is 0 Å². The van der Waals surface area contributed by atoms with Gasteiger partial charge in [-0.3, -0.25) is 9.59 Å². The molecule has 4 aliphatic carbocycles. The minimum absolute atomic E-state index is 0.0198. The molecule has 0 aromatic carbocycles. The molecule has 3 fully saturated rings. The molecule has 3 saturated carbocycles. The Morgan fingerprint density at radius 3 is 2.58 bits per heavy atom. The second-order valence-corrected chi connectivity index (χ2v) is 10.1. The first-order valence-electron chi connectivity index (χ1n) is 10.6. The molecule has 0 bridgehead atoms. The van der Waals surface area contributed by atoms with Crippen LogP contribution in [0.5, 0.6) is 0 Å². The number of allylic oxidation sites excluding steroid dienone is 2. The van der Waals surface area contributed by atoms with E-state index in [2.05, 4.69) is 19.9 Å². The quantitative estimate of drug-likeness (QED) is 0.764. The maximum absolute atomic E-state index is 12.2. The highest BCUT2D eigenvalue weighted by Crippen LogP contribution is 2.66. The summed E-state index contributed by atoms with van der Waals surface area (Å²) in [6.07, 6.45) is 11.2. The van der Waals surface area contributed by atoms with E-state index in [1.165, 1.54) is 24.8 Å². The van der Waals surface area contributed by atoms with Crippen LogP contribution in [0.3, 0.4) is 0 Å². The van der Waals surface area contributed by atoms with E-state index in [0.29, 0.717) is 23.5 Å². The molecule has 7 atom stereocenters. The summed E-state index contributed by atoms with van der Waals surface area (Å²) in [5.41, 5.74) is 1.92. The zero-order valence-electron chi connectivity index (χ0n) is 16.6. The molecule has 0 aromatic rings. The van der Waals surface area contributed by atoms with Crippen LogP contribution in [0.25, 0.3) is 0 Å². The lowest BCUT2D eigenvalue weighted by Crippen LogP contribution is -2.50. The Labute approximate surface area is 157 Å². The second kappa shape index (κ2) is 6.29. The number of carbonyl (C=O) groups excluding carboxylic acids is 2. The Kier molecular flexibility index (Phi) is 4.45. The third-order valence-corrected chi connectivity index (χ3v) is 9.21. The molecular formula is C23H34O3. The number of fused-ring (bicyclic) bond motifs is 5. The molecule has 144 valence electrons. The Balaban J connectivity index is 1.61. The van der Waals surface area contributed by atoms with Crippen LogP contribution in [0.4, 0.5) is 0 Å². The Morgan fingerprint density at radius 2 is 1.88 bits per heavy atom. The maximum Gasteiger partial charge on any atom is 0.161 e. The predicted octanol–water partition coefficient (Wildman–Crippen LogP) is 4.33. The van der Waals surface area contributed by atoms with E-state index >= 15 is 0 Å². The summed E-state index contributed by atoms with van der Waals surface area (Å²) in [5, 5.41) is 9.24. The smallest absolute Gasteiger partial charge is 0.161 e. The summed E-state index contributed by atoms with van der Waals surface area (Å²) in [5.74, 6) is 2.80. The lowest BCUT2D eigenvalue weighted by atomic mass is 9.47. The Hall–Kier alpha value is -0.960. The van der Waals surface area contributed by atoms with Crippen LogP contribution in [0.1, 0.15) is 72.1 Å². The predicted molar refractivity (Wildman–Crippen MR) is 101 cm³/mol. The van der Waals surface area contributed by atoms with Crippen molar-refractivity contribution >= 4 is 11.6 Å². The van der Waals surface area contributed by atoms with Gasteiger partial charge in [-0.15, -0.1) is 0 Å². The van der Waals surface area contributed by atoms with Crippen molar-refractivity contribution in [1.29, 1.82) is 0 Å². The molecular weight excluding hydrogens is 324 g/mol. The van der Waals surface area contributed by atoms with Crippen LogP contribution < -0.4 is 0 Å². The van der Waals surface area contributed by atoms with Gasteiger partial charge in [-0.25, -0.2) is 0 Å². The summed E-state index contributed by atoms with van der Waals surface area (Å²) in [6.45, 7) is 6.32. The fourth-order valence-corrected chi connectivity index (χ4v) is 7.73. The van der Waals surface area contributed by atoms with Gasteiger partial charge in [0.1, 0.15) is 12.4 Å². The number of hydrogen-bond acceptors (Lipinski definition) is 3. The van der Waals surface area contributed by atoms with Crippen molar-refractivity contribution in [3.05, 3.63) is 11.6 Å². The van der Waals surface area contributed by atoms with Gasteiger partial charge < -0.3 is 5.11 Å². The van der Waals surface area contributed by atoms with Crippen molar-refractivity contribution in [2.24, 2.45) is 40.4 Å². The van der Waals surface area contributed by atoms with Crippen molar-refractivity contribution < 1.29 is 14.7 Å². The number of ketones is 2. The SMILES string of the molecule is CC(=O)[C@H]1CC[C@H]2[C@@H]3CC=C4C[C@@H](C(=O)CO)CC[C@]4(C)[C@H]3CC[C@]12C. The summed E-state index contributed by atoms with van der Waals surface area (Å²) < 4.78 is 0. The molecule has 3 nitrogen and oxygen atoms in total. The molecule has 0 spiro atoms. The normalized spacial score (nSPS) is 47.4. The molecule has 0 unspecified atom stereocenters. The standard InChI is InChI=1S/C23H34O3/c1-14(25)18-6-7-19-17-5-4-16-12-15(21(26)13-24)8-10-22(16,2)20(17)9-11-23(18,19)3/h4,15,17-20,24H,5-13H2,1-3H3/t15-,17-,18+,19-,20-,22-,23+/m0/s1. The van der Waals surface area contributed by atoms with Crippen molar-refractivity contribution in [2.75, 3.05) is 6.61 Å². The van der Waals surface area contributed by atoms with Gasteiger partial charge >= 0.3 is 0 Å². The number of rotatable bonds is 3. The van der Waals surface area contributed by atoms with Crippen molar-refractivity contribution in [1.82, 2.24) is 0 Å². The van der Waals surface area contributed by atoms with Gasteiger partial charge in [0.05, 0.1) is 0 Å². The Morgan fingerprint density at radius 1 is 1.12 bits per heavy atom. The lowest BCUT2D eigenvalue weighted by Gasteiger charge is -2.58. The molecule has 26 heavy (non-hydrogen) atoms. The van der Waals surface area contributed by atoms with Crippen molar-refractivity contribution in [2.45, 2.75) is 72.1 Å². The Bertz CT molecular complexity index is 650. The summed E-state index contributed by atoms with van der Waals surface area (Å²) in [4.78, 5) is 24.2. The molecule has 0 aliphatic heterocycles. The topological polar surface area (TPSA) is 54.4 Å². The van der Waals surface area contributed by atoms with Crippen molar-refractivity contribution in [3.8, 4) is 0 Å². The van der Waals surface area contributed by atoms with Crippen LogP contribution in [0.2, 0.25) is 0 Å². The summed E-state index contributed by atoms with van der Waals surface area (Å²) in [7, 11) is 0. The molecule has 0 aromatic heterocycles. The molecule has 1 N–H and O–H groups in total. The number of carbonyl (C=O) groups is 2. The van der Waals surface area contributed by atoms with Gasteiger partial charge in [0.25, 0.3) is 0 Å². The highest BCUT2D eigenvalue weighted by atomic mass is 16.3. The average Bonchev–Trinajstić information content (AvgIpc) is 2.97. The molecule has 0 heterocycles. The number of aliphatic hydroxyl groups is 1. The number of Topliss-reactive ketones (excluding diaryl/α,β-unsaturated/α-hetero) is 2. The van der Waals surface area contributed by atoms with Crippen molar-refractivity contribution in [3.63, 3.8) is 0 Å². The van der Waals surface area contributed by atoms with Crippen LogP contribution in [0, 0.1) is 40.4 Å². The molecule has 0 amide bonds. The summed E-state index contributed by atoms with van der Waals surface area (Å²) >= 11 is 0. The first-order valence-corrected chi connectivity index (χ1v) is 10.6. The first kappa shape index (κ1) is 18.4. The van der Waals surface area contributed by atoms with E-state index in [-0.39, 0.29) is 35.1 Å². The summed E-state index contributed by atoms with van der Waals surface area (Å²) in [6, 6.07) is 0. The van der Waals surface area contributed by atoms with Gasteiger partial charge in [0.2, 0.25) is 0 Å². The highest BCUT2D eigenvalue weighted by Gasteiger charge is 2.59. The molecule has 0 radical (unpaired) electrons.